The standard InChI is InChI=1S/C11H15N3S/c1-11(2,3)10-8(7-12-14(10)4)9-5-6-15-13-9/h5-7H,1-4H3. The lowest BCUT2D eigenvalue weighted by Crippen LogP contribution is -2.17. The lowest BCUT2D eigenvalue weighted by molar-refractivity contribution is 0.524. The topological polar surface area (TPSA) is 30.7 Å². The van der Waals surface area contributed by atoms with Crippen LogP contribution in [0.4, 0.5) is 0 Å². The van der Waals surface area contributed by atoms with E-state index in [0.29, 0.717) is 0 Å². The molecule has 0 radical (unpaired) electrons. The lowest BCUT2D eigenvalue weighted by atomic mass is 9.88. The Labute approximate surface area is 93.9 Å². The van der Waals surface area contributed by atoms with E-state index in [0.717, 1.165) is 11.3 Å². The van der Waals surface area contributed by atoms with Gasteiger partial charge < -0.3 is 0 Å². The fourth-order valence-electron chi connectivity index (χ4n) is 1.87. The van der Waals surface area contributed by atoms with Crippen molar-refractivity contribution in [2.75, 3.05) is 0 Å². The molecule has 80 valence electrons. The van der Waals surface area contributed by atoms with Crippen molar-refractivity contribution in [1.29, 1.82) is 0 Å². The van der Waals surface area contributed by atoms with Gasteiger partial charge in [0.1, 0.15) is 0 Å². The van der Waals surface area contributed by atoms with E-state index in [1.807, 2.05) is 29.4 Å². The molecule has 0 aliphatic rings. The molecule has 0 bridgehead atoms. The Hall–Kier alpha value is -1.16. The first kappa shape index (κ1) is 10.4. The second kappa shape index (κ2) is 3.45. The van der Waals surface area contributed by atoms with Crippen LogP contribution in [-0.4, -0.2) is 14.2 Å². The highest BCUT2D eigenvalue weighted by Gasteiger charge is 2.23. The molecule has 0 amide bonds. The molecule has 15 heavy (non-hydrogen) atoms. The van der Waals surface area contributed by atoms with E-state index in [1.54, 1.807) is 0 Å². The smallest absolute Gasteiger partial charge is 0.0875 e. The Bertz CT molecular complexity index is 449. The molecule has 0 aromatic carbocycles. The van der Waals surface area contributed by atoms with E-state index in [4.69, 9.17) is 0 Å². The van der Waals surface area contributed by atoms with Crippen LogP contribution in [0.2, 0.25) is 0 Å². The first-order valence-corrected chi connectivity index (χ1v) is 5.77. The van der Waals surface area contributed by atoms with Gasteiger partial charge in [0.15, 0.2) is 0 Å². The molecule has 0 N–H and O–H groups in total. The van der Waals surface area contributed by atoms with Gasteiger partial charge in [0.2, 0.25) is 0 Å². The van der Waals surface area contributed by atoms with Crippen LogP contribution in [0.3, 0.4) is 0 Å². The largest absolute Gasteiger partial charge is 0.271 e. The van der Waals surface area contributed by atoms with E-state index in [-0.39, 0.29) is 5.41 Å². The van der Waals surface area contributed by atoms with Gasteiger partial charge in [-0.05, 0) is 17.6 Å². The zero-order chi connectivity index (χ0) is 11.1. The van der Waals surface area contributed by atoms with Crippen molar-refractivity contribution in [1.82, 2.24) is 14.2 Å². The molecule has 2 rings (SSSR count). The first-order valence-electron chi connectivity index (χ1n) is 4.93. The average molecular weight is 221 g/mol. The Morgan fingerprint density at radius 2 is 2.07 bits per heavy atom. The Morgan fingerprint density at radius 1 is 1.33 bits per heavy atom. The van der Waals surface area contributed by atoms with Gasteiger partial charge in [-0.2, -0.15) is 9.47 Å². The fraction of sp³-hybridized carbons (Fsp3) is 0.455. The molecule has 0 saturated heterocycles. The van der Waals surface area contributed by atoms with E-state index < -0.39 is 0 Å². The summed E-state index contributed by atoms with van der Waals surface area (Å²) < 4.78 is 6.30. The van der Waals surface area contributed by atoms with Crippen molar-refractivity contribution in [3.8, 4) is 11.3 Å². The van der Waals surface area contributed by atoms with Crippen molar-refractivity contribution in [3.05, 3.63) is 23.3 Å². The second-order valence-corrected chi connectivity index (χ2v) is 5.33. The van der Waals surface area contributed by atoms with Gasteiger partial charge in [-0.3, -0.25) is 4.68 Å². The molecule has 4 heteroatoms. The lowest BCUT2D eigenvalue weighted by Gasteiger charge is -2.20. The highest BCUT2D eigenvalue weighted by molar-refractivity contribution is 7.03. The Kier molecular flexibility index (Phi) is 2.38. The van der Waals surface area contributed by atoms with E-state index in [2.05, 4.69) is 30.2 Å². The van der Waals surface area contributed by atoms with Gasteiger partial charge in [0, 0.05) is 23.4 Å². The fourth-order valence-corrected chi connectivity index (χ4v) is 2.39. The Morgan fingerprint density at radius 3 is 2.60 bits per heavy atom. The normalized spacial score (nSPS) is 12.0. The van der Waals surface area contributed by atoms with Gasteiger partial charge in [-0.1, -0.05) is 20.8 Å². The average Bonchev–Trinajstić information content (AvgIpc) is 2.68. The first-order chi connectivity index (χ1) is 7.00. The van der Waals surface area contributed by atoms with Crippen molar-refractivity contribution >= 4 is 11.5 Å². The maximum Gasteiger partial charge on any atom is 0.0875 e. The molecular weight excluding hydrogens is 206 g/mol. The summed E-state index contributed by atoms with van der Waals surface area (Å²) in [7, 11) is 1.98. The summed E-state index contributed by atoms with van der Waals surface area (Å²) in [6.45, 7) is 6.58. The zero-order valence-corrected chi connectivity index (χ0v) is 10.3. The molecule has 0 saturated carbocycles. The Balaban J connectivity index is 2.59. The molecule has 0 spiro atoms. The third kappa shape index (κ3) is 1.81. The minimum absolute atomic E-state index is 0.0875. The summed E-state index contributed by atoms with van der Waals surface area (Å²) >= 11 is 1.48. The number of hydrogen-bond donors (Lipinski definition) is 0. The van der Waals surface area contributed by atoms with Gasteiger partial charge in [0.05, 0.1) is 17.6 Å². The maximum atomic E-state index is 4.36. The van der Waals surface area contributed by atoms with Gasteiger partial charge in [-0.15, -0.1) is 0 Å². The maximum absolute atomic E-state index is 4.36. The monoisotopic (exact) mass is 221 g/mol. The molecule has 3 nitrogen and oxygen atoms in total. The van der Waals surface area contributed by atoms with Crippen LogP contribution in [0, 0.1) is 0 Å². The minimum Gasteiger partial charge on any atom is -0.271 e. The highest BCUT2D eigenvalue weighted by atomic mass is 32.1. The van der Waals surface area contributed by atoms with E-state index in [9.17, 15) is 0 Å². The number of rotatable bonds is 1. The molecule has 0 fully saturated rings. The van der Waals surface area contributed by atoms with Crippen LogP contribution >= 0.6 is 11.5 Å². The van der Waals surface area contributed by atoms with Gasteiger partial charge in [-0.25, -0.2) is 0 Å². The van der Waals surface area contributed by atoms with Crippen molar-refractivity contribution in [2.45, 2.75) is 26.2 Å². The second-order valence-electron chi connectivity index (χ2n) is 4.67. The molecule has 0 atom stereocenters. The zero-order valence-electron chi connectivity index (χ0n) is 9.48. The highest BCUT2D eigenvalue weighted by Crippen LogP contribution is 2.31. The summed E-state index contributed by atoms with van der Waals surface area (Å²) in [5, 5.41) is 6.32. The van der Waals surface area contributed by atoms with Crippen LogP contribution in [-0.2, 0) is 12.5 Å². The number of aromatic nitrogens is 3. The van der Waals surface area contributed by atoms with Gasteiger partial charge >= 0.3 is 0 Å². The van der Waals surface area contributed by atoms with Crippen LogP contribution in [0.15, 0.2) is 17.6 Å². The molecular formula is C11H15N3S. The molecule has 0 unspecified atom stereocenters. The van der Waals surface area contributed by atoms with Crippen LogP contribution in [0.1, 0.15) is 26.5 Å². The summed E-state index contributed by atoms with van der Waals surface area (Å²) in [6.07, 6.45) is 1.90. The molecule has 0 aliphatic carbocycles. The van der Waals surface area contributed by atoms with Gasteiger partial charge in [0.25, 0.3) is 0 Å². The van der Waals surface area contributed by atoms with Crippen molar-refractivity contribution < 1.29 is 0 Å². The summed E-state index contributed by atoms with van der Waals surface area (Å²) in [4.78, 5) is 0. The third-order valence-electron chi connectivity index (χ3n) is 2.36. The molecule has 2 heterocycles. The van der Waals surface area contributed by atoms with Crippen LogP contribution in [0.25, 0.3) is 11.3 Å². The summed E-state index contributed by atoms with van der Waals surface area (Å²) in [5.41, 5.74) is 3.49. The summed E-state index contributed by atoms with van der Waals surface area (Å²) in [6, 6.07) is 2.04. The number of nitrogens with zero attached hydrogens (tertiary/aromatic N) is 3. The van der Waals surface area contributed by atoms with Crippen molar-refractivity contribution in [2.24, 2.45) is 7.05 Å². The predicted molar refractivity (Wildman–Crippen MR) is 63.0 cm³/mol. The number of hydrogen-bond acceptors (Lipinski definition) is 3. The molecule has 2 aromatic heterocycles. The molecule has 2 aromatic rings. The van der Waals surface area contributed by atoms with E-state index in [1.165, 1.54) is 17.2 Å². The third-order valence-corrected chi connectivity index (χ3v) is 2.92. The van der Waals surface area contributed by atoms with Crippen molar-refractivity contribution in [3.63, 3.8) is 0 Å². The minimum atomic E-state index is 0.0875. The number of aryl methyl sites for hydroxylation is 1. The SMILES string of the molecule is Cn1ncc(-c2ccsn2)c1C(C)(C)C. The summed E-state index contributed by atoms with van der Waals surface area (Å²) in [5.74, 6) is 0. The quantitative estimate of drug-likeness (QED) is 0.741. The predicted octanol–water partition coefficient (Wildman–Crippen LogP) is 2.84. The molecule has 0 aliphatic heterocycles. The van der Waals surface area contributed by atoms with E-state index >= 15 is 0 Å². The van der Waals surface area contributed by atoms with Crippen LogP contribution in [0.5, 0.6) is 0 Å². The van der Waals surface area contributed by atoms with Crippen LogP contribution < -0.4 is 0 Å².